The zero-order valence-electron chi connectivity index (χ0n) is 9.31. The van der Waals surface area contributed by atoms with Crippen molar-refractivity contribution in [3.8, 4) is 5.75 Å². The van der Waals surface area contributed by atoms with Crippen LogP contribution >= 0.6 is 0 Å². The average molecular weight is 206 g/mol. The molecule has 2 heteroatoms. The molecule has 2 rings (SSSR count). The lowest BCUT2D eigenvalue weighted by molar-refractivity contribution is 0.136. The lowest BCUT2D eigenvalue weighted by Gasteiger charge is -2.18. The van der Waals surface area contributed by atoms with E-state index in [1.807, 2.05) is 12.1 Å². The van der Waals surface area contributed by atoms with Crippen molar-refractivity contribution in [1.82, 2.24) is 0 Å². The van der Waals surface area contributed by atoms with Crippen molar-refractivity contribution in [1.29, 1.82) is 0 Å². The van der Waals surface area contributed by atoms with Gasteiger partial charge in [-0.25, -0.2) is 0 Å². The second-order valence-corrected chi connectivity index (χ2v) is 4.39. The fourth-order valence-electron chi connectivity index (χ4n) is 2.49. The van der Waals surface area contributed by atoms with Crippen molar-refractivity contribution in [2.75, 3.05) is 7.11 Å². The Kier molecular flexibility index (Phi) is 2.96. The summed E-state index contributed by atoms with van der Waals surface area (Å²) in [6.07, 6.45) is 1.86. The van der Waals surface area contributed by atoms with Gasteiger partial charge in [-0.3, -0.25) is 0 Å². The van der Waals surface area contributed by atoms with Crippen LogP contribution in [0.15, 0.2) is 24.3 Å². The molecule has 0 amide bonds. The minimum Gasteiger partial charge on any atom is -0.497 e. The summed E-state index contributed by atoms with van der Waals surface area (Å²) >= 11 is 0. The minimum absolute atomic E-state index is 0.138. The maximum Gasteiger partial charge on any atom is 0.119 e. The monoisotopic (exact) mass is 206 g/mol. The van der Waals surface area contributed by atoms with E-state index in [4.69, 9.17) is 4.74 Å². The predicted octanol–water partition coefficient (Wildman–Crippen LogP) is 2.57. The molecule has 3 unspecified atom stereocenters. The fraction of sp³-hybridized carbons (Fsp3) is 0.538. The van der Waals surface area contributed by atoms with E-state index in [1.54, 1.807) is 7.11 Å². The molecule has 1 fully saturated rings. The Balaban J connectivity index is 2.22. The van der Waals surface area contributed by atoms with Crippen LogP contribution in [0.4, 0.5) is 0 Å². The summed E-state index contributed by atoms with van der Waals surface area (Å²) in [5.41, 5.74) is 1.29. The summed E-state index contributed by atoms with van der Waals surface area (Å²) in [7, 11) is 1.69. The topological polar surface area (TPSA) is 29.5 Å². The maximum absolute atomic E-state index is 9.72. The molecule has 1 aliphatic rings. The largest absolute Gasteiger partial charge is 0.497 e. The Morgan fingerprint density at radius 3 is 2.73 bits per heavy atom. The van der Waals surface area contributed by atoms with Crippen LogP contribution in [0.1, 0.15) is 31.2 Å². The third kappa shape index (κ3) is 2.00. The van der Waals surface area contributed by atoms with E-state index < -0.39 is 0 Å². The zero-order chi connectivity index (χ0) is 10.8. The van der Waals surface area contributed by atoms with Crippen LogP contribution in [0.25, 0.3) is 0 Å². The molecule has 0 bridgehead atoms. The quantitative estimate of drug-likeness (QED) is 0.805. The predicted molar refractivity (Wildman–Crippen MR) is 60.1 cm³/mol. The second kappa shape index (κ2) is 4.23. The number of benzene rings is 1. The van der Waals surface area contributed by atoms with Crippen molar-refractivity contribution >= 4 is 0 Å². The molecule has 2 nitrogen and oxygen atoms in total. The van der Waals surface area contributed by atoms with Crippen molar-refractivity contribution < 1.29 is 9.84 Å². The molecule has 82 valence electrons. The molecule has 1 aliphatic carbocycles. The smallest absolute Gasteiger partial charge is 0.119 e. The zero-order valence-corrected chi connectivity index (χ0v) is 9.31. The first kappa shape index (κ1) is 10.5. The number of rotatable bonds is 2. The van der Waals surface area contributed by atoms with Crippen LogP contribution < -0.4 is 4.74 Å². The summed E-state index contributed by atoms with van der Waals surface area (Å²) in [5.74, 6) is 1.74. The van der Waals surface area contributed by atoms with E-state index in [0.717, 1.165) is 18.6 Å². The molecule has 1 saturated carbocycles. The van der Waals surface area contributed by atoms with Crippen LogP contribution in [-0.4, -0.2) is 18.3 Å². The SMILES string of the molecule is COc1cccc(C2CCC(O)C2C)c1. The first-order valence-electron chi connectivity index (χ1n) is 5.54. The third-order valence-corrected chi connectivity index (χ3v) is 3.54. The molecular weight excluding hydrogens is 188 g/mol. The summed E-state index contributed by atoms with van der Waals surface area (Å²) < 4.78 is 5.21. The van der Waals surface area contributed by atoms with Gasteiger partial charge in [0, 0.05) is 0 Å². The van der Waals surface area contributed by atoms with Crippen molar-refractivity contribution in [3.63, 3.8) is 0 Å². The van der Waals surface area contributed by atoms with Gasteiger partial charge in [-0.15, -0.1) is 0 Å². The van der Waals surface area contributed by atoms with Gasteiger partial charge in [0.05, 0.1) is 13.2 Å². The van der Waals surface area contributed by atoms with Gasteiger partial charge >= 0.3 is 0 Å². The highest BCUT2D eigenvalue weighted by molar-refractivity contribution is 5.31. The molecule has 15 heavy (non-hydrogen) atoms. The summed E-state index contributed by atoms with van der Waals surface area (Å²) in [4.78, 5) is 0. The Morgan fingerprint density at radius 1 is 1.33 bits per heavy atom. The molecule has 3 atom stereocenters. The maximum atomic E-state index is 9.72. The van der Waals surface area contributed by atoms with Gasteiger partial charge in [0.15, 0.2) is 0 Å². The van der Waals surface area contributed by atoms with Crippen molar-refractivity contribution in [2.45, 2.75) is 31.8 Å². The lowest BCUT2D eigenvalue weighted by atomic mass is 9.89. The molecule has 0 aliphatic heterocycles. The van der Waals surface area contributed by atoms with E-state index in [9.17, 15) is 5.11 Å². The Labute approximate surface area is 90.9 Å². The highest BCUT2D eigenvalue weighted by atomic mass is 16.5. The third-order valence-electron chi connectivity index (χ3n) is 3.54. The molecule has 1 aromatic rings. The van der Waals surface area contributed by atoms with Crippen molar-refractivity contribution in [3.05, 3.63) is 29.8 Å². The van der Waals surface area contributed by atoms with E-state index >= 15 is 0 Å². The molecule has 1 aromatic carbocycles. The number of hydrogen-bond donors (Lipinski definition) is 1. The van der Waals surface area contributed by atoms with Crippen LogP contribution in [-0.2, 0) is 0 Å². The summed E-state index contributed by atoms with van der Waals surface area (Å²) in [6.45, 7) is 2.13. The Bertz CT molecular complexity index is 335. The van der Waals surface area contributed by atoms with Gasteiger partial charge in [-0.1, -0.05) is 19.1 Å². The normalized spacial score (nSPS) is 30.5. The molecule has 0 heterocycles. The molecule has 0 saturated heterocycles. The van der Waals surface area contributed by atoms with Gasteiger partial charge in [0.25, 0.3) is 0 Å². The number of hydrogen-bond acceptors (Lipinski definition) is 2. The van der Waals surface area contributed by atoms with E-state index in [-0.39, 0.29) is 6.10 Å². The highest BCUT2D eigenvalue weighted by Crippen LogP contribution is 2.40. The van der Waals surface area contributed by atoms with Gasteiger partial charge in [-0.05, 0) is 42.4 Å². The number of aliphatic hydroxyl groups is 1. The van der Waals surface area contributed by atoms with Gasteiger partial charge in [0.2, 0.25) is 0 Å². The first-order chi connectivity index (χ1) is 7.22. The second-order valence-electron chi connectivity index (χ2n) is 4.39. The Morgan fingerprint density at radius 2 is 2.13 bits per heavy atom. The summed E-state index contributed by atoms with van der Waals surface area (Å²) in [6, 6.07) is 8.19. The molecule has 0 spiro atoms. The van der Waals surface area contributed by atoms with Crippen LogP contribution in [0, 0.1) is 5.92 Å². The fourth-order valence-corrected chi connectivity index (χ4v) is 2.49. The molecule has 0 radical (unpaired) electrons. The first-order valence-corrected chi connectivity index (χ1v) is 5.54. The van der Waals surface area contributed by atoms with E-state index in [0.29, 0.717) is 11.8 Å². The van der Waals surface area contributed by atoms with Gasteiger partial charge < -0.3 is 9.84 Å². The lowest BCUT2D eigenvalue weighted by Crippen LogP contribution is -2.14. The van der Waals surface area contributed by atoms with E-state index in [2.05, 4.69) is 19.1 Å². The highest BCUT2D eigenvalue weighted by Gasteiger charge is 2.32. The van der Waals surface area contributed by atoms with Crippen molar-refractivity contribution in [2.24, 2.45) is 5.92 Å². The molecular formula is C13H18O2. The standard InChI is InChI=1S/C13H18O2/c1-9-12(6-7-13(9)14)10-4-3-5-11(8-10)15-2/h3-5,8-9,12-14H,6-7H2,1-2H3. The Hall–Kier alpha value is -1.02. The molecule has 1 N–H and O–H groups in total. The number of methoxy groups -OCH3 is 1. The molecule has 0 aromatic heterocycles. The van der Waals surface area contributed by atoms with Crippen LogP contribution in [0.3, 0.4) is 0 Å². The minimum atomic E-state index is -0.138. The summed E-state index contributed by atoms with van der Waals surface area (Å²) in [5, 5.41) is 9.72. The van der Waals surface area contributed by atoms with Gasteiger partial charge in [-0.2, -0.15) is 0 Å². The number of ether oxygens (including phenoxy) is 1. The van der Waals surface area contributed by atoms with Crippen LogP contribution in [0.5, 0.6) is 5.75 Å². The average Bonchev–Trinajstić information content (AvgIpc) is 2.60. The van der Waals surface area contributed by atoms with Gasteiger partial charge in [0.1, 0.15) is 5.75 Å². The van der Waals surface area contributed by atoms with Crippen LogP contribution in [0.2, 0.25) is 0 Å². The van der Waals surface area contributed by atoms with E-state index in [1.165, 1.54) is 5.56 Å². The number of aliphatic hydroxyl groups excluding tert-OH is 1.